The Morgan fingerprint density at radius 3 is 2.82 bits per heavy atom. The van der Waals surface area contributed by atoms with Crippen LogP contribution in [0.15, 0.2) is 24.4 Å². The Morgan fingerprint density at radius 2 is 2.29 bits per heavy atom. The van der Waals surface area contributed by atoms with Crippen molar-refractivity contribution in [2.24, 2.45) is 5.92 Å². The van der Waals surface area contributed by atoms with Crippen molar-refractivity contribution in [1.82, 2.24) is 15.2 Å². The van der Waals surface area contributed by atoms with E-state index < -0.39 is 0 Å². The van der Waals surface area contributed by atoms with Gasteiger partial charge in [-0.2, -0.15) is 0 Å². The molecule has 0 unspecified atom stereocenters. The van der Waals surface area contributed by atoms with E-state index in [9.17, 15) is 4.79 Å². The average Bonchev–Trinajstić information content (AvgIpc) is 2.25. The van der Waals surface area contributed by atoms with Crippen molar-refractivity contribution < 1.29 is 4.79 Å². The zero-order chi connectivity index (χ0) is 11.4. The zero-order valence-corrected chi connectivity index (χ0v) is 10.7. The molecule has 1 aromatic rings. The molecular formula is C12H18ClN3O. The van der Waals surface area contributed by atoms with Gasteiger partial charge in [-0.15, -0.1) is 12.4 Å². The molecule has 1 amide bonds. The monoisotopic (exact) mass is 255 g/mol. The second-order valence-electron chi connectivity index (χ2n) is 4.19. The van der Waals surface area contributed by atoms with Crippen LogP contribution < -0.4 is 5.32 Å². The van der Waals surface area contributed by atoms with Crippen LogP contribution in [0.4, 0.5) is 0 Å². The first-order valence-electron chi connectivity index (χ1n) is 5.63. The maximum absolute atomic E-state index is 11.8. The molecule has 5 heteroatoms. The SMILES string of the molecule is CN(CCc1ccccn1)C(=O)C1CNC1.Cl. The molecule has 17 heavy (non-hydrogen) atoms. The largest absolute Gasteiger partial charge is 0.345 e. The minimum Gasteiger partial charge on any atom is -0.345 e. The highest BCUT2D eigenvalue weighted by atomic mass is 35.5. The summed E-state index contributed by atoms with van der Waals surface area (Å²) in [5.41, 5.74) is 1.04. The lowest BCUT2D eigenvalue weighted by molar-refractivity contribution is -0.135. The third-order valence-corrected chi connectivity index (χ3v) is 2.94. The van der Waals surface area contributed by atoms with E-state index in [1.807, 2.05) is 25.2 Å². The van der Waals surface area contributed by atoms with Crippen molar-refractivity contribution in [1.29, 1.82) is 0 Å². The van der Waals surface area contributed by atoms with Gasteiger partial charge in [0.2, 0.25) is 5.91 Å². The van der Waals surface area contributed by atoms with Crippen molar-refractivity contribution >= 4 is 18.3 Å². The Bertz CT molecular complexity index is 354. The van der Waals surface area contributed by atoms with Crippen molar-refractivity contribution in [2.75, 3.05) is 26.7 Å². The number of amides is 1. The Morgan fingerprint density at radius 1 is 1.53 bits per heavy atom. The molecule has 0 atom stereocenters. The number of likely N-dealkylation sites (N-methyl/N-ethyl adjacent to an activating group) is 1. The van der Waals surface area contributed by atoms with Gasteiger partial charge in [-0.1, -0.05) is 6.07 Å². The van der Waals surface area contributed by atoms with E-state index in [0.29, 0.717) is 0 Å². The summed E-state index contributed by atoms with van der Waals surface area (Å²) in [5.74, 6) is 0.434. The average molecular weight is 256 g/mol. The predicted octanol–water partition coefficient (Wildman–Crippen LogP) is 0.724. The Balaban J connectivity index is 0.00000144. The maximum Gasteiger partial charge on any atom is 0.228 e. The second kappa shape index (κ2) is 6.57. The summed E-state index contributed by atoms with van der Waals surface area (Å²) < 4.78 is 0. The van der Waals surface area contributed by atoms with Gasteiger partial charge < -0.3 is 10.2 Å². The molecule has 1 aliphatic rings. The number of nitrogens with zero attached hydrogens (tertiary/aromatic N) is 2. The molecule has 0 radical (unpaired) electrons. The molecule has 1 aromatic heterocycles. The van der Waals surface area contributed by atoms with E-state index in [0.717, 1.165) is 31.7 Å². The summed E-state index contributed by atoms with van der Waals surface area (Å²) in [6, 6.07) is 5.86. The highest BCUT2D eigenvalue weighted by molar-refractivity contribution is 5.85. The van der Waals surface area contributed by atoms with Gasteiger partial charge in [-0.25, -0.2) is 0 Å². The standard InChI is InChI=1S/C12H17N3O.ClH/c1-15(12(16)10-8-13-9-10)7-5-11-4-2-3-6-14-11;/h2-4,6,10,13H,5,7-9H2,1H3;1H. The second-order valence-corrected chi connectivity index (χ2v) is 4.19. The number of nitrogens with one attached hydrogen (secondary N) is 1. The summed E-state index contributed by atoms with van der Waals surface area (Å²) in [4.78, 5) is 17.9. The number of hydrogen-bond donors (Lipinski definition) is 1. The van der Waals surface area contributed by atoms with Gasteiger partial charge in [0, 0.05) is 45.0 Å². The van der Waals surface area contributed by atoms with E-state index in [4.69, 9.17) is 0 Å². The first kappa shape index (κ1) is 13.9. The van der Waals surface area contributed by atoms with E-state index in [2.05, 4.69) is 10.3 Å². The number of carbonyl (C=O) groups is 1. The molecular weight excluding hydrogens is 238 g/mol. The normalized spacial score (nSPS) is 14.6. The highest BCUT2D eigenvalue weighted by Crippen LogP contribution is 2.07. The molecule has 1 N–H and O–H groups in total. The number of pyridine rings is 1. The van der Waals surface area contributed by atoms with Crippen molar-refractivity contribution in [2.45, 2.75) is 6.42 Å². The third-order valence-electron chi connectivity index (χ3n) is 2.94. The topological polar surface area (TPSA) is 45.2 Å². The number of hydrogen-bond acceptors (Lipinski definition) is 3. The van der Waals surface area contributed by atoms with Gasteiger partial charge in [0.1, 0.15) is 0 Å². The smallest absolute Gasteiger partial charge is 0.228 e. The van der Waals surface area contributed by atoms with E-state index in [1.165, 1.54) is 0 Å². The minimum absolute atomic E-state index is 0. The molecule has 0 aliphatic carbocycles. The summed E-state index contributed by atoms with van der Waals surface area (Å²) in [6.07, 6.45) is 2.61. The lowest BCUT2D eigenvalue weighted by Crippen LogP contribution is -2.51. The van der Waals surface area contributed by atoms with Crippen LogP contribution in [0.5, 0.6) is 0 Å². The predicted molar refractivity (Wildman–Crippen MR) is 69.2 cm³/mol. The molecule has 4 nitrogen and oxygen atoms in total. The van der Waals surface area contributed by atoms with Crippen LogP contribution in [0.2, 0.25) is 0 Å². The van der Waals surface area contributed by atoms with Gasteiger partial charge >= 0.3 is 0 Å². The number of rotatable bonds is 4. The van der Waals surface area contributed by atoms with Crippen molar-refractivity contribution in [3.8, 4) is 0 Å². The first-order chi connectivity index (χ1) is 7.77. The quantitative estimate of drug-likeness (QED) is 0.863. The van der Waals surface area contributed by atoms with Gasteiger partial charge in [-0.3, -0.25) is 9.78 Å². The van der Waals surface area contributed by atoms with Gasteiger partial charge in [-0.05, 0) is 12.1 Å². The molecule has 0 saturated carbocycles. The Kier molecular flexibility index (Phi) is 5.38. The van der Waals surface area contributed by atoms with Crippen LogP contribution >= 0.6 is 12.4 Å². The molecule has 0 bridgehead atoms. The Labute approximate surface area is 108 Å². The van der Waals surface area contributed by atoms with Crippen LogP contribution in [-0.2, 0) is 11.2 Å². The first-order valence-corrected chi connectivity index (χ1v) is 5.63. The third kappa shape index (κ3) is 3.68. The van der Waals surface area contributed by atoms with Gasteiger partial charge in [0.05, 0.1) is 5.92 Å². The van der Waals surface area contributed by atoms with Gasteiger partial charge in [0.25, 0.3) is 0 Å². The number of aromatic nitrogens is 1. The van der Waals surface area contributed by atoms with Gasteiger partial charge in [0.15, 0.2) is 0 Å². The molecule has 2 heterocycles. The maximum atomic E-state index is 11.8. The van der Waals surface area contributed by atoms with Crippen LogP contribution in [-0.4, -0.2) is 42.5 Å². The molecule has 0 aromatic carbocycles. The summed E-state index contributed by atoms with van der Waals surface area (Å²) in [6.45, 7) is 2.39. The molecule has 1 aliphatic heterocycles. The fourth-order valence-corrected chi connectivity index (χ4v) is 1.71. The number of carbonyl (C=O) groups excluding carboxylic acids is 1. The highest BCUT2D eigenvalue weighted by Gasteiger charge is 2.27. The molecule has 94 valence electrons. The summed E-state index contributed by atoms with van der Waals surface area (Å²) in [5, 5.41) is 3.11. The summed E-state index contributed by atoms with van der Waals surface area (Å²) >= 11 is 0. The van der Waals surface area contributed by atoms with Crippen molar-refractivity contribution in [3.05, 3.63) is 30.1 Å². The molecule has 0 spiro atoms. The lowest BCUT2D eigenvalue weighted by atomic mass is 10.0. The summed E-state index contributed by atoms with van der Waals surface area (Å²) in [7, 11) is 1.86. The molecule has 1 saturated heterocycles. The fourth-order valence-electron chi connectivity index (χ4n) is 1.71. The van der Waals surface area contributed by atoms with Crippen LogP contribution in [0.1, 0.15) is 5.69 Å². The van der Waals surface area contributed by atoms with Crippen molar-refractivity contribution in [3.63, 3.8) is 0 Å². The molecule has 2 rings (SSSR count). The van der Waals surface area contributed by atoms with Crippen LogP contribution in [0.25, 0.3) is 0 Å². The van der Waals surface area contributed by atoms with E-state index >= 15 is 0 Å². The number of halogens is 1. The van der Waals surface area contributed by atoms with E-state index in [1.54, 1.807) is 11.1 Å². The van der Waals surface area contributed by atoms with Crippen LogP contribution in [0, 0.1) is 5.92 Å². The minimum atomic E-state index is 0. The fraction of sp³-hybridized carbons (Fsp3) is 0.500. The molecule has 1 fully saturated rings. The zero-order valence-electron chi connectivity index (χ0n) is 9.93. The van der Waals surface area contributed by atoms with E-state index in [-0.39, 0.29) is 24.2 Å². The Hall–Kier alpha value is -1.13. The lowest BCUT2D eigenvalue weighted by Gasteiger charge is -2.30. The van der Waals surface area contributed by atoms with Crippen LogP contribution in [0.3, 0.4) is 0 Å².